The van der Waals surface area contributed by atoms with Gasteiger partial charge in [0.2, 0.25) is 0 Å². The molecule has 0 aromatic heterocycles. The number of hydrogen-bond donors (Lipinski definition) is 1. The predicted octanol–water partition coefficient (Wildman–Crippen LogP) is 4.81. The lowest BCUT2D eigenvalue weighted by Gasteiger charge is -2.27. The number of nitrogens with zero attached hydrogens (tertiary/aromatic N) is 2. The zero-order valence-corrected chi connectivity index (χ0v) is 17.5. The molecular weight excluding hydrogens is 385 g/mol. The third-order valence-corrected chi connectivity index (χ3v) is 5.96. The van der Waals surface area contributed by atoms with Gasteiger partial charge >= 0.3 is 6.03 Å². The summed E-state index contributed by atoms with van der Waals surface area (Å²) in [5.74, 6) is 1.14. The predicted molar refractivity (Wildman–Crippen MR) is 115 cm³/mol. The molecule has 6 nitrogen and oxygen atoms in total. The van der Waals surface area contributed by atoms with E-state index in [1.54, 1.807) is 31.3 Å². The van der Waals surface area contributed by atoms with E-state index in [9.17, 15) is 9.18 Å². The van der Waals surface area contributed by atoms with E-state index in [1.807, 2.05) is 23.1 Å². The van der Waals surface area contributed by atoms with Crippen molar-refractivity contribution in [1.29, 1.82) is 0 Å². The Kier molecular flexibility index (Phi) is 5.97. The molecule has 1 atom stereocenters. The molecule has 2 heterocycles. The van der Waals surface area contributed by atoms with Crippen LogP contribution in [0.25, 0.3) is 0 Å². The summed E-state index contributed by atoms with van der Waals surface area (Å²) in [6.07, 6.45) is 3.89. The van der Waals surface area contributed by atoms with Crippen LogP contribution < -0.4 is 19.7 Å². The first kappa shape index (κ1) is 20.3. The molecule has 30 heavy (non-hydrogen) atoms. The molecule has 160 valence electrons. The van der Waals surface area contributed by atoms with Gasteiger partial charge in [-0.3, -0.25) is 0 Å². The first-order valence-corrected chi connectivity index (χ1v) is 10.4. The van der Waals surface area contributed by atoms with Gasteiger partial charge in [0, 0.05) is 30.9 Å². The molecule has 2 aromatic carbocycles. The highest BCUT2D eigenvalue weighted by molar-refractivity contribution is 5.90. The van der Waals surface area contributed by atoms with E-state index in [0.717, 1.165) is 55.8 Å². The van der Waals surface area contributed by atoms with Gasteiger partial charge in [0.1, 0.15) is 17.3 Å². The number of likely N-dealkylation sites (tertiary alicyclic amines) is 1. The Morgan fingerprint density at radius 3 is 2.53 bits per heavy atom. The van der Waals surface area contributed by atoms with E-state index in [-0.39, 0.29) is 17.9 Å². The van der Waals surface area contributed by atoms with Crippen molar-refractivity contribution in [3.05, 3.63) is 47.8 Å². The highest BCUT2D eigenvalue weighted by Crippen LogP contribution is 2.39. The molecule has 2 fully saturated rings. The molecule has 2 aromatic rings. The summed E-state index contributed by atoms with van der Waals surface area (Å²) >= 11 is 0. The molecule has 7 heteroatoms. The number of carbonyl (C=O) groups is 1. The van der Waals surface area contributed by atoms with Crippen molar-refractivity contribution in [3.63, 3.8) is 0 Å². The van der Waals surface area contributed by atoms with Crippen molar-refractivity contribution in [2.24, 2.45) is 0 Å². The summed E-state index contributed by atoms with van der Waals surface area (Å²) in [5.41, 5.74) is 1.98. The highest BCUT2D eigenvalue weighted by Gasteiger charge is 2.32. The Morgan fingerprint density at radius 2 is 1.83 bits per heavy atom. The van der Waals surface area contributed by atoms with Crippen molar-refractivity contribution >= 4 is 17.4 Å². The lowest BCUT2D eigenvalue weighted by atomic mass is 10.0. The molecule has 0 saturated carbocycles. The number of amides is 2. The van der Waals surface area contributed by atoms with Crippen LogP contribution in [0.5, 0.6) is 11.5 Å². The zero-order valence-electron chi connectivity index (χ0n) is 17.5. The van der Waals surface area contributed by atoms with Crippen molar-refractivity contribution in [3.8, 4) is 11.5 Å². The fourth-order valence-corrected chi connectivity index (χ4v) is 4.43. The smallest absolute Gasteiger partial charge is 0.322 e. The second kappa shape index (κ2) is 8.81. The van der Waals surface area contributed by atoms with Crippen LogP contribution in [0.2, 0.25) is 0 Å². The number of halogens is 1. The van der Waals surface area contributed by atoms with Gasteiger partial charge in [-0.1, -0.05) is 0 Å². The third-order valence-electron chi connectivity index (χ3n) is 5.96. The summed E-state index contributed by atoms with van der Waals surface area (Å²) in [5, 5.41) is 2.86. The minimum absolute atomic E-state index is 0.122. The fraction of sp³-hybridized carbons (Fsp3) is 0.435. The summed E-state index contributed by atoms with van der Waals surface area (Å²) in [4.78, 5) is 16.8. The summed E-state index contributed by atoms with van der Waals surface area (Å²) in [7, 11) is 3.24. The topological polar surface area (TPSA) is 54.0 Å². The van der Waals surface area contributed by atoms with Gasteiger partial charge < -0.3 is 24.6 Å². The number of carbonyl (C=O) groups excluding carboxylic acids is 1. The normalized spacial score (nSPS) is 18.6. The van der Waals surface area contributed by atoms with Crippen molar-refractivity contribution in [2.75, 3.05) is 44.1 Å². The molecular formula is C23H28FN3O3. The summed E-state index contributed by atoms with van der Waals surface area (Å²) in [6, 6.07) is 10.2. The average molecular weight is 413 g/mol. The van der Waals surface area contributed by atoms with Crippen LogP contribution in [0.1, 0.15) is 37.3 Å². The standard InChI is InChI=1S/C23H28FN3O3/c1-29-17-8-10-22(30-2)18(15-17)20-6-5-13-27(20)23(28)25-16-7-9-21(19(24)14-16)26-11-3-4-12-26/h7-10,14-15,20H,3-6,11-13H2,1-2H3,(H,25,28). The lowest BCUT2D eigenvalue weighted by Crippen LogP contribution is -2.34. The molecule has 2 aliphatic rings. The molecule has 1 N–H and O–H groups in total. The molecule has 0 spiro atoms. The maximum absolute atomic E-state index is 14.6. The number of ether oxygens (including phenoxy) is 2. The second-order valence-electron chi connectivity index (χ2n) is 7.75. The van der Waals surface area contributed by atoms with Gasteiger partial charge in [-0.2, -0.15) is 0 Å². The number of rotatable bonds is 5. The maximum Gasteiger partial charge on any atom is 0.322 e. The van der Waals surface area contributed by atoms with Crippen LogP contribution in [0.4, 0.5) is 20.6 Å². The number of hydrogen-bond acceptors (Lipinski definition) is 4. The first-order chi connectivity index (χ1) is 14.6. The number of benzene rings is 2. The van der Waals surface area contributed by atoms with Gasteiger partial charge in [0.15, 0.2) is 0 Å². The largest absolute Gasteiger partial charge is 0.497 e. The maximum atomic E-state index is 14.6. The first-order valence-electron chi connectivity index (χ1n) is 10.4. The van der Waals surface area contributed by atoms with E-state index in [4.69, 9.17) is 9.47 Å². The van der Waals surface area contributed by atoms with Gasteiger partial charge in [-0.15, -0.1) is 0 Å². The monoisotopic (exact) mass is 413 g/mol. The van der Waals surface area contributed by atoms with Crippen LogP contribution >= 0.6 is 0 Å². The minimum atomic E-state index is -0.304. The Bertz CT molecular complexity index is 915. The van der Waals surface area contributed by atoms with Crippen LogP contribution in [0, 0.1) is 5.82 Å². The zero-order chi connectivity index (χ0) is 21.1. The Morgan fingerprint density at radius 1 is 1.03 bits per heavy atom. The van der Waals surface area contributed by atoms with Crippen LogP contribution in [-0.2, 0) is 0 Å². The SMILES string of the molecule is COc1ccc(OC)c(C2CCCN2C(=O)Nc2ccc(N3CCCC3)c(F)c2)c1. The Labute approximate surface area is 176 Å². The molecule has 2 saturated heterocycles. The molecule has 4 rings (SSSR count). The van der Waals surface area contributed by atoms with Gasteiger partial charge in [-0.25, -0.2) is 9.18 Å². The Hall–Kier alpha value is -2.96. The number of urea groups is 1. The molecule has 0 bridgehead atoms. The molecule has 0 aliphatic carbocycles. The van der Waals surface area contributed by atoms with Gasteiger partial charge in [0.25, 0.3) is 0 Å². The van der Waals surface area contributed by atoms with Gasteiger partial charge in [-0.05, 0) is 62.1 Å². The molecule has 1 unspecified atom stereocenters. The van der Waals surface area contributed by atoms with Crippen molar-refractivity contribution < 1.29 is 18.7 Å². The van der Waals surface area contributed by atoms with E-state index in [1.165, 1.54) is 6.07 Å². The molecule has 2 amide bonds. The van der Waals surface area contributed by atoms with Crippen LogP contribution in [0.3, 0.4) is 0 Å². The summed E-state index contributed by atoms with van der Waals surface area (Å²) < 4.78 is 25.5. The van der Waals surface area contributed by atoms with Crippen molar-refractivity contribution in [1.82, 2.24) is 4.90 Å². The van der Waals surface area contributed by atoms with Crippen molar-refractivity contribution in [2.45, 2.75) is 31.7 Å². The van der Waals surface area contributed by atoms with Crippen LogP contribution in [0.15, 0.2) is 36.4 Å². The number of nitrogens with one attached hydrogen (secondary N) is 1. The van der Waals surface area contributed by atoms with E-state index >= 15 is 0 Å². The number of methoxy groups -OCH3 is 2. The van der Waals surface area contributed by atoms with E-state index in [0.29, 0.717) is 17.9 Å². The number of anilines is 2. The summed E-state index contributed by atoms with van der Waals surface area (Å²) in [6.45, 7) is 2.38. The molecule has 0 radical (unpaired) electrons. The van der Waals surface area contributed by atoms with E-state index < -0.39 is 0 Å². The third kappa shape index (κ3) is 4.01. The lowest BCUT2D eigenvalue weighted by molar-refractivity contribution is 0.206. The van der Waals surface area contributed by atoms with Gasteiger partial charge in [0.05, 0.1) is 25.9 Å². The minimum Gasteiger partial charge on any atom is -0.497 e. The Balaban J connectivity index is 1.51. The quantitative estimate of drug-likeness (QED) is 0.764. The molecule has 2 aliphatic heterocycles. The average Bonchev–Trinajstić information content (AvgIpc) is 3.45. The van der Waals surface area contributed by atoms with E-state index in [2.05, 4.69) is 5.32 Å². The highest BCUT2D eigenvalue weighted by atomic mass is 19.1. The fourth-order valence-electron chi connectivity index (χ4n) is 4.43. The second-order valence-corrected chi connectivity index (χ2v) is 7.75. The van der Waals surface area contributed by atoms with Crippen LogP contribution in [-0.4, -0.2) is 44.8 Å².